The van der Waals surface area contributed by atoms with Gasteiger partial charge in [0.25, 0.3) is 0 Å². The lowest BCUT2D eigenvalue weighted by Gasteiger charge is -2.05. The average Bonchev–Trinajstić information content (AvgIpc) is 2.97. The van der Waals surface area contributed by atoms with Crippen molar-refractivity contribution >= 4 is 11.7 Å². The van der Waals surface area contributed by atoms with E-state index in [-0.39, 0.29) is 5.91 Å². The maximum atomic E-state index is 11.6. The number of anilines is 1. The number of amides is 1. The molecule has 0 atom stereocenters. The van der Waals surface area contributed by atoms with Gasteiger partial charge in [-0.2, -0.15) is 10.2 Å². The largest absolute Gasteiger partial charge is 0.384 e. The van der Waals surface area contributed by atoms with E-state index in [4.69, 9.17) is 5.73 Å². The molecular formula is C11H16N6O. The van der Waals surface area contributed by atoms with E-state index in [1.807, 2.05) is 12.3 Å². The normalized spacial score (nSPS) is 10.5. The van der Waals surface area contributed by atoms with Crippen molar-refractivity contribution in [1.82, 2.24) is 24.9 Å². The van der Waals surface area contributed by atoms with Crippen molar-refractivity contribution in [3.63, 3.8) is 0 Å². The number of rotatable bonds is 5. The molecule has 3 N–H and O–H groups in total. The van der Waals surface area contributed by atoms with Crippen molar-refractivity contribution in [2.45, 2.75) is 19.5 Å². The van der Waals surface area contributed by atoms with Gasteiger partial charge in [-0.1, -0.05) is 0 Å². The van der Waals surface area contributed by atoms with E-state index in [2.05, 4.69) is 15.5 Å². The second kappa shape index (κ2) is 5.35. The number of hydrogen-bond acceptors (Lipinski definition) is 4. The molecule has 18 heavy (non-hydrogen) atoms. The third kappa shape index (κ3) is 2.88. The van der Waals surface area contributed by atoms with E-state index in [1.165, 1.54) is 0 Å². The fraction of sp³-hybridized carbons (Fsp3) is 0.364. The molecule has 2 rings (SSSR count). The molecule has 0 saturated heterocycles. The molecule has 96 valence electrons. The molecule has 0 fully saturated rings. The zero-order valence-corrected chi connectivity index (χ0v) is 10.2. The molecule has 0 saturated carbocycles. The summed E-state index contributed by atoms with van der Waals surface area (Å²) < 4.78 is 3.29. The molecular weight excluding hydrogens is 232 g/mol. The van der Waals surface area contributed by atoms with E-state index in [1.54, 1.807) is 28.8 Å². The summed E-state index contributed by atoms with van der Waals surface area (Å²) in [5.41, 5.74) is 6.60. The zero-order chi connectivity index (χ0) is 13.0. The Morgan fingerprint density at radius 1 is 1.50 bits per heavy atom. The molecule has 0 aliphatic rings. The molecule has 0 bridgehead atoms. The first-order valence-corrected chi connectivity index (χ1v) is 5.67. The van der Waals surface area contributed by atoms with Gasteiger partial charge in [-0.05, 0) is 6.07 Å². The molecule has 0 unspecified atom stereocenters. The maximum absolute atomic E-state index is 11.6. The fourth-order valence-corrected chi connectivity index (χ4v) is 1.56. The third-order valence-corrected chi connectivity index (χ3v) is 2.67. The fourth-order valence-electron chi connectivity index (χ4n) is 1.56. The monoisotopic (exact) mass is 248 g/mol. The van der Waals surface area contributed by atoms with E-state index >= 15 is 0 Å². The summed E-state index contributed by atoms with van der Waals surface area (Å²) in [4.78, 5) is 11.6. The molecule has 1 amide bonds. The highest BCUT2D eigenvalue weighted by molar-refractivity contribution is 5.75. The summed E-state index contributed by atoms with van der Waals surface area (Å²) in [5, 5.41) is 10.8. The lowest BCUT2D eigenvalue weighted by atomic mass is 10.3. The van der Waals surface area contributed by atoms with Crippen LogP contribution in [0.3, 0.4) is 0 Å². The molecule has 7 heteroatoms. The molecule has 0 aromatic carbocycles. The average molecular weight is 248 g/mol. The first-order chi connectivity index (χ1) is 8.66. The van der Waals surface area contributed by atoms with Crippen LogP contribution in [0, 0.1) is 0 Å². The van der Waals surface area contributed by atoms with Gasteiger partial charge in [0, 0.05) is 44.5 Å². The number of aromatic nitrogens is 4. The van der Waals surface area contributed by atoms with Crippen molar-refractivity contribution in [1.29, 1.82) is 0 Å². The third-order valence-electron chi connectivity index (χ3n) is 2.67. The minimum absolute atomic E-state index is 0.0336. The van der Waals surface area contributed by atoms with Crippen LogP contribution in [0.15, 0.2) is 24.7 Å². The van der Waals surface area contributed by atoms with Gasteiger partial charge in [-0.25, -0.2) is 0 Å². The van der Waals surface area contributed by atoms with Crippen LogP contribution in [0.2, 0.25) is 0 Å². The summed E-state index contributed by atoms with van der Waals surface area (Å²) in [6.45, 7) is 0.971. The van der Waals surface area contributed by atoms with Crippen LogP contribution in [0.1, 0.15) is 12.0 Å². The van der Waals surface area contributed by atoms with Gasteiger partial charge in [0.05, 0.1) is 6.20 Å². The quantitative estimate of drug-likeness (QED) is 0.773. The topological polar surface area (TPSA) is 90.8 Å². The van der Waals surface area contributed by atoms with Crippen molar-refractivity contribution < 1.29 is 4.79 Å². The van der Waals surface area contributed by atoms with E-state index in [0.717, 1.165) is 5.56 Å². The van der Waals surface area contributed by atoms with Crippen molar-refractivity contribution in [3.05, 3.63) is 30.2 Å². The second-order valence-corrected chi connectivity index (χ2v) is 3.97. The Labute approximate surface area is 105 Å². The number of nitrogens with zero attached hydrogens (tertiary/aromatic N) is 4. The number of hydrogen-bond donors (Lipinski definition) is 2. The first-order valence-electron chi connectivity index (χ1n) is 5.67. The van der Waals surface area contributed by atoms with Gasteiger partial charge >= 0.3 is 0 Å². The number of carbonyl (C=O) groups is 1. The molecule has 2 aromatic rings. The van der Waals surface area contributed by atoms with Crippen molar-refractivity contribution in [2.24, 2.45) is 7.05 Å². The summed E-state index contributed by atoms with van der Waals surface area (Å²) in [6.07, 6.45) is 5.56. The van der Waals surface area contributed by atoms with Crippen LogP contribution in [-0.2, 0) is 24.9 Å². The standard InChI is InChI=1S/C11H16N6O/c1-16-11(12)9(8-15-16)7-13-10(18)3-6-17-5-2-4-14-17/h2,4-5,8H,3,6-7,12H2,1H3,(H,13,18). The Morgan fingerprint density at radius 3 is 2.94 bits per heavy atom. The van der Waals surface area contributed by atoms with Gasteiger partial charge in [-0.15, -0.1) is 0 Å². The highest BCUT2D eigenvalue weighted by Gasteiger charge is 2.06. The predicted octanol–water partition coefficient (Wildman–Crippen LogP) is -0.0947. The minimum atomic E-state index is -0.0336. The lowest BCUT2D eigenvalue weighted by molar-refractivity contribution is -0.121. The predicted molar refractivity (Wildman–Crippen MR) is 66.3 cm³/mol. The molecule has 2 aromatic heterocycles. The Morgan fingerprint density at radius 2 is 2.33 bits per heavy atom. The van der Waals surface area contributed by atoms with Crippen LogP contribution in [-0.4, -0.2) is 25.5 Å². The number of nitrogens with one attached hydrogen (secondary N) is 1. The number of nitrogen functional groups attached to an aromatic ring is 1. The van der Waals surface area contributed by atoms with Crippen molar-refractivity contribution in [3.8, 4) is 0 Å². The zero-order valence-electron chi connectivity index (χ0n) is 10.2. The molecule has 0 radical (unpaired) electrons. The number of nitrogens with two attached hydrogens (primary N) is 1. The van der Waals surface area contributed by atoms with Gasteiger partial charge in [0.2, 0.25) is 5.91 Å². The van der Waals surface area contributed by atoms with Crippen LogP contribution >= 0.6 is 0 Å². The Kier molecular flexibility index (Phi) is 3.61. The summed E-state index contributed by atoms with van der Waals surface area (Å²) in [7, 11) is 1.76. The van der Waals surface area contributed by atoms with Crippen LogP contribution in [0.5, 0.6) is 0 Å². The molecule has 0 spiro atoms. The molecule has 7 nitrogen and oxygen atoms in total. The lowest BCUT2D eigenvalue weighted by Crippen LogP contribution is -2.24. The highest BCUT2D eigenvalue weighted by atomic mass is 16.1. The molecule has 2 heterocycles. The Balaban J connectivity index is 1.76. The summed E-state index contributed by atoms with van der Waals surface area (Å²) in [6, 6.07) is 1.83. The second-order valence-electron chi connectivity index (χ2n) is 3.97. The minimum Gasteiger partial charge on any atom is -0.384 e. The van der Waals surface area contributed by atoms with Crippen LogP contribution in [0.25, 0.3) is 0 Å². The summed E-state index contributed by atoms with van der Waals surface area (Å²) >= 11 is 0. The SMILES string of the molecule is Cn1ncc(CNC(=O)CCn2cccn2)c1N. The number of aryl methyl sites for hydroxylation is 2. The Bertz CT molecular complexity index is 516. The molecule has 0 aliphatic heterocycles. The van der Waals surface area contributed by atoms with Crippen LogP contribution < -0.4 is 11.1 Å². The van der Waals surface area contributed by atoms with Crippen LogP contribution in [0.4, 0.5) is 5.82 Å². The first kappa shape index (κ1) is 12.2. The highest BCUT2D eigenvalue weighted by Crippen LogP contribution is 2.08. The van der Waals surface area contributed by atoms with E-state index in [9.17, 15) is 4.79 Å². The number of carbonyl (C=O) groups excluding carboxylic acids is 1. The van der Waals surface area contributed by atoms with E-state index in [0.29, 0.717) is 25.3 Å². The van der Waals surface area contributed by atoms with E-state index < -0.39 is 0 Å². The van der Waals surface area contributed by atoms with Gasteiger partial charge in [0.1, 0.15) is 5.82 Å². The maximum Gasteiger partial charge on any atom is 0.222 e. The van der Waals surface area contributed by atoms with Gasteiger partial charge in [0.15, 0.2) is 0 Å². The molecule has 0 aliphatic carbocycles. The smallest absolute Gasteiger partial charge is 0.222 e. The van der Waals surface area contributed by atoms with Gasteiger partial charge < -0.3 is 11.1 Å². The Hall–Kier alpha value is -2.31. The van der Waals surface area contributed by atoms with Crippen molar-refractivity contribution in [2.75, 3.05) is 5.73 Å². The summed E-state index contributed by atoms with van der Waals surface area (Å²) in [5.74, 6) is 0.538. The van der Waals surface area contributed by atoms with Gasteiger partial charge in [-0.3, -0.25) is 14.2 Å².